The van der Waals surface area contributed by atoms with Crippen molar-refractivity contribution in [2.75, 3.05) is 6.54 Å². The normalized spacial score (nSPS) is 23.5. The first-order valence-electron chi connectivity index (χ1n) is 3.38. The maximum atomic E-state index is 11.1. The molecule has 1 fully saturated rings. The molecule has 1 aliphatic heterocycles. The molecule has 0 saturated carbocycles. The zero-order valence-corrected chi connectivity index (χ0v) is 6.20. The van der Waals surface area contributed by atoms with Crippen LogP contribution in [0.3, 0.4) is 0 Å². The average molecular weight is 152 g/mol. The van der Waals surface area contributed by atoms with Gasteiger partial charge in [-0.05, 0) is 6.42 Å². The fraction of sp³-hybridized carbons (Fsp3) is 0.571. The minimum Gasteiger partial charge on any atom is -0.282 e. The molecule has 58 valence electrons. The lowest BCUT2D eigenvalue weighted by Crippen LogP contribution is -2.31. The van der Waals surface area contributed by atoms with Crippen molar-refractivity contribution in [3.8, 4) is 6.07 Å². The Hall–Kier alpha value is -1.37. The van der Waals surface area contributed by atoms with Crippen molar-refractivity contribution in [2.24, 2.45) is 5.92 Å². The Morgan fingerprint density at radius 1 is 1.82 bits per heavy atom. The summed E-state index contributed by atoms with van der Waals surface area (Å²) in [5.74, 6) is -1.22. The first-order chi connectivity index (χ1) is 5.16. The van der Waals surface area contributed by atoms with Crippen LogP contribution in [0, 0.1) is 17.2 Å². The van der Waals surface area contributed by atoms with Gasteiger partial charge in [0.25, 0.3) is 0 Å². The van der Waals surface area contributed by atoms with E-state index in [1.807, 2.05) is 6.07 Å². The number of imide groups is 1. The van der Waals surface area contributed by atoms with Crippen molar-refractivity contribution in [2.45, 2.75) is 13.3 Å². The van der Waals surface area contributed by atoms with Crippen LogP contribution in [-0.4, -0.2) is 23.3 Å². The monoisotopic (exact) mass is 152 g/mol. The Morgan fingerprint density at radius 2 is 2.45 bits per heavy atom. The summed E-state index contributed by atoms with van der Waals surface area (Å²) in [6.45, 7) is 1.73. The van der Waals surface area contributed by atoms with Crippen LogP contribution in [0.25, 0.3) is 0 Å². The molecular formula is C7H8N2O2. The molecule has 4 heteroatoms. The molecule has 1 atom stereocenters. The third kappa shape index (κ3) is 1.22. The smallest absolute Gasteiger partial charge is 0.246 e. The van der Waals surface area contributed by atoms with E-state index in [1.165, 1.54) is 6.92 Å². The van der Waals surface area contributed by atoms with Crippen molar-refractivity contribution in [3.05, 3.63) is 0 Å². The molecule has 0 aromatic heterocycles. The SMILES string of the molecule is CC(=O)N1CCC(C#N)C1=O. The van der Waals surface area contributed by atoms with Gasteiger partial charge in [-0.15, -0.1) is 0 Å². The Morgan fingerprint density at radius 3 is 2.73 bits per heavy atom. The zero-order chi connectivity index (χ0) is 8.43. The molecule has 0 spiro atoms. The number of hydrogen-bond acceptors (Lipinski definition) is 3. The number of carbonyl (C=O) groups excluding carboxylic acids is 2. The second-order valence-corrected chi connectivity index (χ2v) is 2.48. The highest BCUT2D eigenvalue weighted by molar-refractivity contribution is 5.97. The van der Waals surface area contributed by atoms with E-state index < -0.39 is 5.92 Å². The molecular weight excluding hydrogens is 144 g/mol. The Bertz CT molecular complexity index is 241. The lowest BCUT2D eigenvalue weighted by Gasteiger charge is -2.08. The van der Waals surface area contributed by atoms with Crippen LogP contribution >= 0.6 is 0 Å². The third-order valence-electron chi connectivity index (χ3n) is 1.74. The maximum absolute atomic E-state index is 11.1. The van der Waals surface area contributed by atoms with Gasteiger partial charge in [-0.25, -0.2) is 0 Å². The summed E-state index contributed by atoms with van der Waals surface area (Å²) in [6, 6.07) is 1.86. The van der Waals surface area contributed by atoms with Crippen LogP contribution < -0.4 is 0 Å². The van der Waals surface area contributed by atoms with Gasteiger partial charge in [0.15, 0.2) is 0 Å². The van der Waals surface area contributed by atoms with Gasteiger partial charge in [-0.3, -0.25) is 14.5 Å². The second-order valence-electron chi connectivity index (χ2n) is 2.48. The average Bonchev–Trinajstić information content (AvgIpc) is 2.30. The number of rotatable bonds is 0. The quantitative estimate of drug-likeness (QED) is 0.487. The molecule has 0 N–H and O–H groups in total. The molecule has 1 heterocycles. The molecule has 0 aliphatic carbocycles. The van der Waals surface area contributed by atoms with Crippen molar-refractivity contribution in [3.63, 3.8) is 0 Å². The van der Waals surface area contributed by atoms with E-state index in [2.05, 4.69) is 0 Å². The standard InChI is InChI=1S/C7H8N2O2/c1-5(10)9-3-2-6(4-8)7(9)11/h6H,2-3H2,1H3. The predicted octanol–water partition coefficient (Wildman–Crippen LogP) is -0.0950. The van der Waals surface area contributed by atoms with Crippen LogP contribution in [0.2, 0.25) is 0 Å². The molecule has 0 aromatic rings. The van der Waals surface area contributed by atoms with Gasteiger partial charge >= 0.3 is 0 Å². The lowest BCUT2D eigenvalue weighted by atomic mass is 10.1. The summed E-state index contributed by atoms with van der Waals surface area (Å²) in [7, 11) is 0. The molecule has 0 radical (unpaired) electrons. The van der Waals surface area contributed by atoms with Crippen LogP contribution in [0.1, 0.15) is 13.3 Å². The Balaban J connectivity index is 2.73. The number of nitriles is 1. The van der Waals surface area contributed by atoms with Crippen molar-refractivity contribution in [1.82, 2.24) is 4.90 Å². The molecule has 11 heavy (non-hydrogen) atoms. The Kier molecular flexibility index (Phi) is 1.90. The Labute approximate surface area is 64.4 Å². The fourth-order valence-electron chi connectivity index (χ4n) is 1.11. The van der Waals surface area contributed by atoms with Gasteiger partial charge in [-0.2, -0.15) is 5.26 Å². The van der Waals surface area contributed by atoms with E-state index in [1.54, 1.807) is 0 Å². The third-order valence-corrected chi connectivity index (χ3v) is 1.74. The van der Waals surface area contributed by atoms with Gasteiger partial charge in [0.2, 0.25) is 11.8 Å². The minimum absolute atomic E-state index is 0.271. The summed E-state index contributed by atoms with van der Waals surface area (Å²) < 4.78 is 0. The molecule has 1 saturated heterocycles. The summed E-state index contributed by atoms with van der Waals surface area (Å²) in [4.78, 5) is 22.9. The van der Waals surface area contributed by atoms with Crippen LogP contribution in [0.5, 0.6) is 0 Å². The number of nitrogens with zero attached hydrogens (tertiary/aromatic N) is 2. The molecule has 0 bridgehead atoms. The molecule has 4 nitrogen and oxygen atoms in total. The largest absolute Gasteiger partial charge is 0.282 e. The van der Waals surface area contributed by atoms with E-state index >= 15 is 0 Å². The number of carbonyl (C=O) groups is 2. The first-order valence-corrected chi connectivity index (χ1v) is 3.38. The van der Waals surface area contributed by atoms with E-state index in [9.17, 15) is 9.59 Å². The predicted molar refractivity (Wildman–Crippen MR) is 36.1 cm³/mol. The molecule has 1 rings (SSSR count). The second kappa shape index (κ2) is 2.70. The summed E-state index contributed by atoms with van der Waals surface area (Å²) >= 11 is 0. The summed E-state index contributed by atoms with van der Waals surface area (Å²) in [5.41, 5.74) is 0. The highest BCUT2D eigenvalue weighted by atomic mass is 16.2. The van der Waals surface area contributed by atoms with Crippen LogP contribution in [-0.2, 0) is 9.59 Å². The van der Waals surface area contributed by atoms with Gasteiger partial charge in [0, 0.05) is 13.5 Å². The van der Waals surface area contributed by atoms with Crippen LogP contribution in [0.4, 0.5) is 0 Å². The zero-order valence-electron chi connectivity index (χ0n) is 6.20. The van der Waals surface area contributed by atoms with Gasteiger partial charge < -0.3 is 0 Å². The van der Waals surface area contributed by atoms with Crippen molar-refractivity contribution in [1.29, 1.82) is 5.26 Å². The maximum Gasteiger partial charge on any atom is 0.246 e. The highest BCUT2D eigenvalue weighted by Crippen LogP contribution is 2.16. The van der Waals surface area contributed by atoms with Gasteiger partial charge in [0.05, 0.1) is 6.07 Å². The van der Waals surface area contributed by atoms with Gasteiger partial charge in [0.1, 0.15) is 5.92 Å². The summed E-state index contributed by atoms with van der Waals surface area (Å²) in [6.07, 6.45) is 0.481. The van der Waals surface area contributed by atoms with E-state index in [-0.39, 0.29) is 11.8 Å². The fourth-order valence-corrected chi connectivity index (χ4v) is 1.11. The summed E-state index contributed by atoms with van der Waals surface area (Å²) in [5, 5.41) is 8.43. The molecule has 2 amide bonds. The van der Waals surface area contributed by atoms with E-state index in [0.717, 1.165) is 4.90 Å². The minimum atomic E-state index is -0.598. The molecule has 1 unspecified atom stereocenters. The van der Waals surface area contributed by atoms with Crippen molar-refractivity contribution >= 4 is 11.8 Å². The lowest BCUT2D eigenvalue weighted by molar-refractivity contribution is -0.141. The highest BCUT2D eigenvalue weighted by Gasteiger charge is 2.33. The molecule has 0 aromatic carbocycles. The van der Waals surface area contributed by atoms with E-state index in [4.69, 9.17) is 5.26 Å². The topological polar surface area (TPSA) is 61.2 Å². The number of hydrogen-bond donors (Lipinski definition) is 0. The number of amides is 2. The van der Waals surface area contributed by atoms with Gasteiger partial charge in [-0.1, -0.05) is 0 Å². The van der Waals surface area contributed by atoms with Crippen molar-refractivity contribution < 1.29 is 9.59 Å². The van der Waals surface area contributed by atoms with E-state index in [0.29, 0.717) is 13.0 Å². The molecule has 1 aliphatic rings. The van der Waals surface area contributed by atoms with Crippen LogP contribution in [0.15, 0.2) is 0 Å². The first kappa shape index (κ1) is 7.73. The number of likely N-dealkylation sites (tertiary alicyclic amines) is 1.